The molecule has 1 atom stereocenters. The lowest BCUT2D eigenvalue weighted by atomic mass is 10.2. The highest BCUT2D eigenvalue weighted by Crippen LogP contribution is 2.14. The van der Waals surface area contributed by atoms with E-state index in [-0.39, 0.29) is 23.5 Å². The van der Waals surface area contributed by atoms with Gasteiger partial charge >= 0.3 is 0 Å². The first kappa shape index (κ1) is 17.9. The molecule has 1 saturated heterocycles. The number of sulfonamides is 1. The van der Waals surface area contributed by atoms with Crippen molar-refractivity contribution < 1.29 is 17.9 Å². The molecule has 1 aromatic carbocycles. The number of benzene rings is 1. The molecule has 0 aliphatic carbocycles. The third-order valence-electron chi connectivity index (χ3n) is 3.60. The van der Waals surface area contributed by atoms with E-state index in [1.807, 2.05) is 13.8 Å². The molecule has 1 fully saturated rings. The quantitative estimate of drug-likeness (QED) is 0.788. The maximum Gasteiger partial charge on any atom is 0.251 e. The van der Waals surface area contributed by atoms with Crippen molar-refractivity contribution in [2.75, 3.05) is 19.7 Å². The van der Waals surface area contributed by atoms with Crippen LogP contribution < -0.4 is 10.0 Å². The van der Waals surface area contributed by atoms with Gasteiger partial charge in [0.05, 0.1) is 11.0 Å². The van der Waals surface area contributed by atoms with Gasteiger partial charge < -0.3 is 10.1 Å². The average molecular weight is 340 g/mol. The lowest BCUT2D eigenvalue weighted by molar-refractivity contribution is 0.0948. The molecule has 0 saturated carbocycles. The molecule has 7 heteroatoms. The molecule has 6 nitrogen and oxygen atoms in total. The Morgan fingerprint density at radius 1 is 1.39 bits per heavy atom. The van der Waals surface area contributed by atoms with Gasteiger partial charge in [-0.2, -0.15) is 0 Å². The fourth-order valence-corrected chi connectivity index (χ4v) is 3.41. The van der Waals surface area contributed by atoms with E-state index in [1.165, 1.54) is 12.1 Å². The van der Waals surface area contributed by atoms with Crippen molar-refractivity contribution in [1.82, 2.24) is 10.0 Å². The maximum absolute atomic E-state index is 12.3. The summed E-state index contributed by atoms with van der Waals surface area (Å²) in [4.78, 5) is 12.1. The van der Waals surface area contributed by atoms with E-state index in [0.29, 0.717) is 24.6 Å². The molecule has 1 heterocycles. The summed E-state index contributed by atoms with van der Waals surface area (Å²) < 4.78 is 32.6. The van der Waals surface area contributed by atoms with Crippen molar-refractivity contribution in [3.63, 3.8) is 0 Å². The minimum atomic E-state index is -3.65. The molecule has 1 aliphatic rings. The molecule has 0 spiro atoms. The lowest BCUT2D eigenvalue weighted by Crippen LogP contribution is -2.32. The van der Waals surface area contributed by atoms with Gasteiger partial charge in [0.1, 0.15) is 0 Å². The Hall–Kier alpha value is -1.44. The molecular formula is C16H24N2O4S. The highest BCUT2D eigenvalue weighted by molar-refractivity contribution is 7.89. The van der Waals surface area contributed by atoms with Crippen LogP contribution in [0.5, 0.6) is 0 Å². The Kier molecular flexibility index (Phi) is 6.15. The summed E-state index contributed by atoms with van der Waals surface area (Å²) in [5, 5.41) is 2.78. The Bertz CT molecular complexity index is 637. The van der Waals surface area contributed by atoms with Crippen molar-refractivity contribution in [3.05, 3.63) is 29.8 Å². The van der Waals surface area contributed by atoms with Crippen LogP contribution in [0.15, 0.2) is 29.2 Å². The SMILES string of the molecule is CC(C)CNC(=O)c1cccc(S(=O)(=O)NCC2CCCO2)c1. The second-order valence-corrected chi connectivity index (χ2v) is 7.89. The van der Waals surface area contributed by atoms with Gasteiger partial charge in [0.25, 0.3) is 5.91 Å². The van der Waals surface area contributed by atoms with Gasteiger partial charge in [0.2, 0.25) is 10.0 Å². The van der Waals surface area contributed by atoms with Gasteiger partial charge in [-0.15, -0.1) is 0 Å². The fraction of sp³-hybridized carbons (Fsp3) is 0.562. The number of ether oxygens (including phenoxy) is 1. The normalized spacial score (nSPS) is 18.3. The summed E-state index contributed by atoms with van der Waals surface area (Å²) in [6.45, 7) is 5.48. The van der Waals surface area contributed by atoms with Crippen LogP contribution in [0.1, 0.15) is 37.0 Å². The standard InChI is InChI=1S/C16H24N2O4S/c1-12(2)10-17-16(19)13-5-3-7-15(9-13)23(20,21)18-11-14-6-4-8-22-14/h3,5,7,9,12,14,18H,4,6,8,10-11H2,1-2H3,(H,17,19). The molecule has 128 valence electrons. The van der Waals surface area contributed by atoms with Crippen LogP contribution in [-0.4, -0.2) is 40.1 Å². The third-order valence-corrected chi connectivity index (χ3v) is 5.02. The van der Waals surface area contributed by atoms with Crippen LogP contribution in [-0.2, 0) is 14.8 Å². The van der Waals surface area contributed by atoms with E-state index < -0.39 is 10.0 Å². The minimum Gasteiger partial charge on any atom is -0.377 e. The van der Waals surface area contributed by atoms with Crippen LogP contribution in [0.2, 0.25) is 0 Å². The zero-order valence-corrected chi connectivity index (χ0v) is 14.4. The first-order chi connectivity index (χ1) is 10.9. The summed E-state index contributed by atoms with van der Waals surface area (Å²) in [6, 6.07) is 6.06. The number of hydrogen-bond donors (Lipinski definition) is 2. The van der Waals surface area contributed by atoms with E-state index in [9.17, 15) is 13.2 Å². The molecule has 0 aromatic heterocycles. The maximum atomic E-state index is 12.3. The summed E-state index contributed by atoms with van der Waals surface area (Å²) >= 11 is 0. The zero-order valence-electron chi connectivity index (χ0n) is 13.5. The number of amides is 1. The van der Waals surface area contributed by atoms with Crippen LogP contribution in [0.3, 0.4) is 0 Å². The Morgan fingerprint density at radius 3 is 2.83 bits per heavy atom. The van der Waals surface area contributed by atoms with Crippen molar-refractivity contribution >= 4 is 15.9 Å². The number of carbonyl (C=O) groups excluding carboxylic acids is 1. The number of hydrogen-bond acceptors (Lipinski definition) is 4. The number of nitrogens with one attached hydrogen (secondary N) is 2. The molecule has 0 bridgehead atoms. The molecule has 2 N–H and O–H groups in total. The Labute approximate surface area is 137 Å². The van der Waals surface area contributed by atoms with Crippen molar-refractivity contribution in [2.24, 2.45) is 5.92 Å². The summed E-state index contributed by atoms with van der Waals surface area (Å²) in [7, 11) is -3.65. The van der Waals surface area contributed by atoms with Crippen LogP contribution >= 0.6 is 0 Å². The molecule has 1 aromatic rings. The van der Waals surface area contributed by atoms with Gasteiger partial charge in [-0.3, -0.25) is 4.79 Å². The van der Waals surface area contributed by atoms with Crippen molar-refractivity contribution in [1.29, 1.82) is 0 Å². The average Bonchev–Trinajstić information content (AvgIpc) is 3.04. The van der Waals surface area contributed by atoms with Gasteiger partial charge in [-0.05, 0) is 37.0 Å². The molecule has 1 amide bonds. The fourth-order valence-electron chi connectivity index (χ4n) is 2.29. The number of carbonyl (C=O) groups is 1. The van der Waals surface area contributed by atoms with E-state index >= 15 is 0 Å². The molecule has 1 unspecified atom stereocenters. The summed E-state index contributed by atoms with van der Waals surface area (Å²) in [5.41, 5.74) is 0.339. The zero-order chi connectivity index (χ0) is 16.9. The monoisotopic (exact) mass is 340 g/mol. The molecular weight excluding hydrogens is 316 g/mol. The largest absolute Gasteiger partial charge is 0.377 e. The van der Waals surface area contributed by atoms with Crippen LogP contribution in [0.4, 0.5) is 0 Å². The predicted molar refractivity (Wildman–Crippen MR) is 87.8 cm³/mol. The van der Waals surface area contributed by atoms with Gasteiger partial charge in [0.15, 0.2) is 0 Å². The van der Waals surface area contributed by atoms with E-state index in [2.05, 4.69) is 10.0 Å². The molecule has 1 aliphatic heterocycles. The predicted octanol–water partition coefficient (Wildman–Crippen LogP) is 1.53. The molecule has 2 rings (SSSR count). The van der Waals surface area contributed by atoms with Gasteiger partial charge in [-0.25, -0.2) is 13.1 Å². The first-order valence-electron chi connectivity index (χ1n) is 7.88. The van der Waals surface area contributed by atoms with Gasteiger partial charge in [0, 0.05) is 25.3 Å². The highest BCUT2D eigenvalue weighted by Gasteiger charge is 2.21. The van der Waals surface area contributed by atoms with E-state index in [1.54, 1.807) is 12.1 Å². The number of rotatable bonds is 7. The summed E-state index contributed by atoms with van der Waals surface area (Å²) in [5.74, 6) is 0.0637. The highest BCUT2D eigenvalue weighted by atomic mass is 32.2. The Balaban J connectivity index is 2.03. The van der Waals surface area contributed by atoms with E-state index in [0.717, 1.165) is 12.8 Å². The van der Waals surface area contributed by atoms with E-state index in [4.69, 9.17) is 4.74 Å². The molecule has 23 heavy (non-hydrogen) atoms. The molecule has 0 radical (unpaired) electrons. The second-order valence-electron chi connectivity index (χ2n) is 6.12. The van der Waals surface area contributed by atoms with Gasteiger partial charge in [-0.1, -0.05) is 19.9 Å². The van der Waals surface area contributed by atoms with Crippen molar-refractivity contribution in [3.8, 4) is 0 Å². The minimum absolute atomic E-state index is 0.0673. The Morgan fingerprint density at radius 2 is 2.17 bits per heavy atom. The first-order valence-corrected chi connectivity index (χ1v) is 9.36. The van der Waals surface area contributed by atoms with Crippen LogP contribution in [0, 0.1) is 5.92 Å². The smallest absolute Gasteiger partial charge is 0.251 e. The van der Waals surface area contributed by atoms with Crippen LogP contribution in [0.25, 0.3) is 0 Å². The lowest BCUT2D eigenvalue weighted by Gasteiger charge is -2.12. The second kappa shape index (κ2) is 7.90. The third kappa shape index (κ3) is 5.30. The van der Waals surface area contributed by atoms with Crippen molar-refractivity contribution in [2.45, 2.75) is 37.7 Å². The summed E-state index contributed by atoms with van der Waals surface area (Å²) in [6.07, 6.45) is 1.75. The topological polar surface area (TPSA) is 84.5 Å².